The third kappa shape index (κ3) is 13.2. The number of alkyl carbamates (subject to hydrolysis) is 1. The first-order valence-corrected chi connectivity index (χ1v) is 22.4. The van der Waals surface area contributed by atoms with Crippen LogP contribution >= 0.6 is 11.3 Å². The van der Waals surface area contributed by atoms with Crippen LogP contribution in [0.1, 0.15) is 47.7 Å². The first-order valence-electron chi connectivity index (χ1n) is 21.5. The number of amides is 5. The molecule has 0 spiro atoms. The van der Waals surface area contributed by atoms with Gasteiger partial charge >= 0.3 is 12.1 Å². The lowest BCUT2D eigenvalue weighted by Gasteiger charge is -2.35. The molecule has 5 aromatic rings. The predicted octanol–water partition coefficient (Wildman–Crippen LogP) is 5.59. The van der Waals surface area contributed by atoms with E-state index < -0.39 is 36.2 Å². The first kappa shape index (κ1) is 47.3. The number of benzene rings is 3. The van der Waals surface area contributed by atoms with E-state index in [0.29, 0.717) is 32.7 Å². The molecule has 64 heavy (non-hydrogen) atoms. The minimum absolute atomic E-state index is 0.120. The maximum atomic E-state index is 14.6. The molecule has 3 aromatic carbocycles. The maximum absolute atomic E-state index is 14.6. The number of carbonyl (C=O) groups is 4. The number of urea groups is 1. The van der Waals surface area contributed by atoms with Crippen LogP contribution in [-0.4, -0.2) is 112 Å². The number of thiazole rings is 1. The third-order valence-electron chi connectivity index (χ3n) is 11.3. The van der Waals surface area contributed by atoms with Gasteiger partial charge in [-0.3, -0.25) is 20.0 Å². The molecular formula is C48H58N8O7S. The minimum Gasteiger partial charge on any atom is -0.453 e. The molecule has 1 fully saturated rings. The van der Waals surface area contributed by atoms with Crippen LogP contribution in [-0.2, 0) is 51.6 Å². The smallest absolute Gasteiger partial charge is 0.407 e. The highest BCUT2D eigenvalue weighted by Crippen LogP contribution is 2.24. The van der Waals surface area contributed by atoms with Crippen molar-refractivity contribution >= 4 is 35.3 Å². The summed E-state index contributed by atoms with van der Waals surface area (Å²) in [7, 11) is 2.84. The highest BCUT2D eigenvalue weighted by atomic mass is 32.1. The summed E-state index contributed by atoms with van der Waals surface area (Å²) in [6.07, 6.45) is 0.790. The standard InChI is InChI=1S/C48H58N8O7S/c1-5-33(2)44(56-25-24-54(48(56)61)29-38-32-64-43(50-38)31-62-3)46(59)51-40(26-34-14-8-6-9-15-34)42(57)30-55(28-36-19-21-37(22-20-36)39-18-12-13-23-49-39)53-45(58)41(52-47(60)63-4)27-35-16-10-7-11-17-35/h6-23,32-33,40-42,44,57H,5,24-31H2,1-4H3,(H,51,59)(H,52,60)(H,53,58). The van der Waals surface area contributed by atoms with Crippen LogP contribution in [0.4, 0.5) is 9.59 Å². The summed E-state index contributed by atoms with van der Waals surface area (Å²) in [5.74, 6) is -1.12. The van der Waals surface area contributed by atoms with E-state index in [1.165, 1.54) is 18.4 Å². The van der Waals surface area contributed by atoms with Crippen LogP contribution in [0, 0.1) is 5.92 Å². The Bertz CT molecular complexity index is 2250. The lowest BCUT2D eigenvalue weighted by Crippen LogP contribution is -2.59. The topological polar surface area (TPSA) is 179 Å². The SMILES string of the molecule is CCC(C)C(C(=O)NC(Cc1ccccc1)C(O)CN(Cc1ccc(-c2ccccn2)cc1)NC(=O)C(Cc1ccccc1)NC(=O)OC)N1CCN(Cc2csc(COC)n2)C1=O. The summed E-state index contributed by atoms with van der Waals surface area (Å²) in [6.45, 7) is 5.46. The molecule has 1 saturated heterocycles. The number of carbonyl (C=O) groups excluding carboxylic acids is 4. The molecule has 6 rings (SSSR count). The Morgan fingerprint density at radius 3 is 2.19 bits per heavy atom. The van der Waals surface area contributed by atoms with Gasteiger partial charge in [0.15, 0.2) is 0 Å². The van der Waals surface area contributed by atoms with Gasteiger partial charge in [0.05, 0.1) is 43.8 Å². The maximum Gasteiger partial charge on any atom is 0.407 e. The average Bonchev–Trinajstić information content (AvgIpc) is 3.91. The molecule has 16 heteroatoms. The predicted molar refractivity (Wildman–Crippen MR) is 244 cm³/mol. The Labute approximate surface area is 378 Å². The molecule has 2 aromatic heterocycles. The number of hydrogen-bond donors (Lipinski definition) is 4. The molecule has 0 radical (unpaired) electrons. The second-order valence-corrected chi connectivity index (χ2v) is 16.9. The van der Waals surface area contributed by atoms with Crippen molar-refractivity contribution in [1.82, 2.24) is 40.8 Å². The Morgan fingerprint density at radius 1 is 0.859 bits per heavy atom. The number of nitrogens with one attached hydrogen (secondary N) is 3. The molecule has 5 amide bonds. The van der Waals surface area contributed by atoms with Gasteiger partial charge in [0, 0.05) is 56.9 Å². The fourth-order valence-corrected chi connectivity index (χ4v) is 8.45. The Balaban J connectivity index is 1.25. The lowest BCUT2D eigenvalue weighted by molar-refractivity contribution is -0.131. The first-order chi connectivity index (χ1) is 31.0. The fraction of sp³-hybridized carbons (Fsp3) is 0.375. The van der Waals surface area contributed by atoms with E-state index in [1.807, 2.05) is 122 Å². The van der Waals surface area contributed by atoms with Gasteiger partial charge in [0.2, 0.25) is 5.91 Å². The van der Waals surface area contributed by atoms with Gasteiger partial charge in [-0.05, 0) is 41.2 Å². The van der Waals surface area contributed by atoms with Crippen molar-refractivity contribution in [2.45, 2.75) is 77.0 Å². The molecule has 3 heterocycles. The largest absolute Gasteiger partial charge is 0.453 e. The number of aliphatic hydroxyl groups is 1. The van der Waals surface area contributed by atoms with Crippen LogP contribution in [0.3, 0.4) is 0 Å². The Hall–Kier alpha value is -6.20. The number of ether oxygens (including phenoxy) is 2. The molecule has 5 unspecified atom stereocenters. The summed E-state index contributed by atoms with van der Waals surface area (Å²) in [6, 6.07) is 29.3. The monoisotopic (exact) mass is 890 g/mol. The molecule has 15 nitrogen and oxygen atoms in total. The summed E-state index contributed by atoms with van der Waals surface area (Å²) in [4.78, 5) is 67.7. The van der Waals surface area contributed by atoms with Gasteiger partial charge < -0.3 is 35.0 Å². The zero-order valence-corrected chi connectivity index (χ0v) is 37.6. The van der Waals surface area contributed by atoms with Crippen LogP contribution in [0.5, 0.6) is 0 Å². The quantitative estimate of drug-likeness (QED) is 0.0641. The number of aromatic nitrogens is 2. The number of hydrogen-bond acceptors (Lipinski definition) is 11. The normalized spacial score (nSPS) is 15.0. The summed E-state index contributed by atoms with van der Waals surface area (Å²) in [5, 5.41) is 22.4. The highest BCUT2D eigenvalue weighted by Gasteiger charge is 2.41. The van der Waals surface area contributed by atoms with Gasteiger partial charge in [-0.15, -0.1) is 11.3 Å². The molecule has 5 atom stereocenters. The van der Waals surface area contributed by atoms with E-state index in [2.05, 4.69) is 26.0 Å². The number of hydrazine groups is 1. The van der Waals surface area contributed by atoms with Gasteiger partial charge in [0.1, 0.15) is 17.1 Å². The summed E-state index contributed by atoms with van der Waals surface area (Å²) in [5.41, 5.74) is 7.95. The van der Waals surface area contributed by atoms with E-state index >= 15 is 0 Å². The molecule has 0 saturated carbocycles. The Morgan fingerprint density at radius 2 is 1.55 bits per heavy atom. The van der Waals surface area contributed by atoms with Crippen LogP contribution in [0.2, 0.25) is 0 Å². The summed E-state index contributed by atoms with van der Waals surface area (Å²) >= 11 is 1.47. The second-order valence-electron chi connectivity index (χ2n) is 15.9. The Kier molecular flexibility index (Phi) is 17.3. The molecule has 1 aliphatic heterocycles. The zero-order valence-electron chi connectivity index (χ0n) is 36.8. The number of nitrogens with zero attached hydrogens (tertiary/aromatic N) is 5. The number of pyridine rings is 1. The van der Waals surface area contributed by atoms with Gasteiger partial charge in [-0.1, -0.05) is 111 Å². The van der Waals surface area contributed by atoms with E-state index in [4.69, 9.17) is 9.47 Å². The molecule has 0 bridgehead atoms. The average molecular weight is 891 g/mol. The second kappa shape index (κ2) is 23.5. The molecule has 338 valence electrons. The van der Waals surface area contributed by atoms with E-state index in [0.717, 1.165) is 38.6 Å². The van der Waals surface area contributed by atoms with Crippen molar-refractivity contribution in [3.63, 3.8) is 0 Å². The van der Waals surface area contributed by atoms with Crippen molar-refractivity contribution in [2.24, 2.45) is 5.92 Å². The van der Waals surface area contributed by atoms with Crippen LogP contribution < -0.4 is 16.1 Å². The lowest BCUT2D eigenvalue weighted by atomic mass is 9.95. The summed E-state index contributed by atoms with van der Waals surface area (Å²) < 4.78 is 10.1. The van der Waals surface area contributed by atoms with Gasteiger partial charge in [0.25, 0.3) is 5.91 Å². The highest BCUT2D eigenvalue weighted by molar-refractivity contribution is 7.09. The van der Waals surface area contributed by atoms with Crippen LogP contribution in [0.15, 0.2) is 115 Å². The van der Waals surface area contributed by atoms with E-state index in [1.54, 1.807) is 28.1 Å². The number of aliphatic hydroxyl groups excluding tert-OH is 1. The molecule has 0 aliphatic carbocycles. The van der Waals surface area contributed by atoms with Crippen molar-refractivity contribution in [3.05, 3.63) is 142 Å². The van der Waals surface area contributed by atoms with E-state index in [9.17, 15) is 24.3 Å². The van der Waals surface area contributed by atoms with Crippen LogP contribution in [0.25, 0.3) is 11.3 Å². The van der Waals surface area contributed by atoms with E-state index in [-0.39, 0.29) is 43.8 Å². The third-order valence-corrected chi connectivity index (χ3v) is 12.1. The molecular weight excluding hydrogens is 833 g/mol. The number of rotatable bonds is 22. The number of methoxy groups -OCH3 is 2. The fourth-order valence-electron chi connectivity index (χ4n) is 7.69. The molecule has 4 N–H and O–H groups in total. The van der Waals surface area contributed by atoms with Gasteiger partial charge in [-0.25, -0.2) is 19.6 Å². The van der Waals surface area contributed by atoms with Crippen molar-refractivity contribution < 1.29 is 33.8 Å². The molecule has 1 aliphatic rings. The minimum atomic E-state index is -1.23. The van der Waals surface area contributed by atoms with Crippen molar-refractivity contribution in [1.29, 1.82) is 0 Å². The van der Waals surface area contributed by atoms with Crippen molar-refractivity contribution in [3.8, 4) is 11.3 Å². The van der Waals surface area contributed by atoms with Crippen molar-refractivity contribution in [2.75, 3.05) is 33.9 Å². The van der Waals surface area contributed by atoms with Gasteiger partial charge in [-0.2, -0.15) is 0 Å². The zero-order chi connectivity index (χ0) is 45.4.